The van der Waals surface area contributed by atoms with Crippen molar-refractivity contribution in [1.29, 1.82) is 0 Å². The Kier molecular flexibility index (Phi) is 6.29. The number of thioether (sulfide) groups is 2. The smallest absolute Gasteiger partial charge is 0.277 e. The number of rotatable bonds is 7. The molecule has 3 rings (SSSR count). The van der Waals surface area contributed by atoms with Gasteiger partial charge in [0.25, 0.3) is 5.22 Å². The van der Waals surface area contributed by atoms with E-state index in [9.17, 15) is 4.79 Å². The highest BCUT2D eigenvalue weighted by Gasteiger charge is 2.13. The van der Waals surface area contributed by atoms with Gasteiger partial charge in [0, 0.05) is 10.6 Å². The molecule has 0 saturated carbocycles. The Hall–Kier alpha value is -1.62. The number of carbonyl (C=O) groups is 1. The normalized spacial score (nSPS) is 10.8. The first-order valence-electron chi connectivity index (χ1n) is 7.12. The zero-order chi connectivity index (χ0) is 17.6. The summed E-state index contributed by atoms with van der Waals surface area (Å²) < 4.78 is 6.36. The third-order valence-corrected chi connectivity index (χ3v) is 5.67. The summed E-state index contributed by atoms with van der Waals surface area (Å²) in [4.78, 5) is 12.0. The van der Waals surface area contributed by atoms with Crippen LogP contribution >= 0.6 is 46.5 Å². The van der Waals surface area contributed by atoms with Crippen LogP contribution in [0.25, 0.3) is 11.5 Å². The Morgan fingerprint density at radius 2 is 2.00 bits per heavy atom. The number of nitrogens with zero attached hydrogens (tertiary/aromatic N) is 4. The van der Waals surface area contributed by atoms with Gasteiger partial charge in [0.15, 0.2) is 4.34 Å². The minimum Gasteiger partial charge on any atom is -0.411 e. The Bertz CT molecular complexity index is 852. The van der Waals surface area contributed by atoms with E-state index in [0.717, 1.165) is 27.4 Å². The number of amides is 1. The van der Waals surface area contributed by atoms with Crippen LogP contribution in [0.4, 0.5) is 5.13 Å². The zero-order valence-corrected chi connectivity index (χ0v) is 16.1. The molecule has 2 heterocycles. The molecule has 0 saturated heterocycles. The van der Waals surface area contributed by atoms with Crippen molar-refractivity contribution in [3.63, 3.8) is 0 Å². The van der Waals surface area contributed by atoms with E-state index in [1.54, 1.807) is 36.0 Å². The third kappa shape index (κ3) is 5.18. The van der Waals surface area contributed by atoms with Crippen molar-refractivity contribution in [3.05, 3.63) is 29.3 Å². The summed E-state index contributed by atoms with van der Waals surface area (Å²) in [5.74, 6) is 1.22. The molecule has 0 radical (unpaired) electrons. The Morgan fingerprint density at radius 3 is 2.76 bits per heavy atom. The molecule has 0 spiro atoms. The first kappa shape index (κ1) is 18.2. The maximum Gasteiger partial charge on any atom is 0.277 e. The largest absolute Gasteiger partial charge is 0.411 e. The van der Waals surface area contributed by atoms with Crippen LogP contribution in [0.1, 0.15) is 6.92 Å². The highest BCUT2D eigenvalue weighted by atomic mass is 35.5. The van der Waals surface area contributed by atoms with E-state index in [4.69, 9.17) is 16.0 Å². The van der Waals surface area contributed by atoms with Crippen LogP contribution in [0.15, 0.2) is 38.2 Å². The fourth-order valence-electron chi connectivity index (χ4n) is 1.70. The lowest BCUT2D eigenvalue weighted by molar-refractivity contribution is -0.113. The van der Waals surface area contributed by atoms with E-state index >= 15 is 0 Å². The molecule has 1 aromatic carbocycles. The van der Waals surface area contributed by atoms with E-state index in [1.807, 2.05) is 6.92 Å². The van der Waals surface area contributed by atoms with Crippen molar-refractivity contribution in [2.24, 2.45) is 0 Å². The summed E-state index contributed by atoms with van der Waals surface area (Å²) in [7, 11) is 0. The maximum atomic E-state index is 12.0. The molecule has 1 amide bonds. The molecule has 0 aliphatic rings. The molecule has 0 aliphatic carbocycles. The predicted octanol–water partition coefficient (Wildman–Crippen LogP) is 4.08. The number of aromatic nitrogens is 4. The molecule has 0 unspecified atom stereocenters. The lowest BCUT2D eigenvalue weighted by Crippen LogP contribution is -2.13. The van der Waals surface area contributed by atoms with Crippen molar-refractivity contribution in [1.82, 2.24) is 20.4 Å². The van der Waals surface area contributed by atoms with Crippen molar-refractivity contribution < 1.29 is 9.21 Å². The summed E-state index contributed by atoms with van der Waals surface area (Å²) in [5.41, 5.74) is 0.767. The monoisotopic (exact) mass is 413 g/mol. The SMILES string of the molecule is CCSc1nnc(NC(=O)CSc2nnc(-c3ccc(Cl)cc3)o2)s1. The second-order valence-corrected chi connectivity index (χ2v) is 8.37. The van der Waals surface area contributed by atoms with Crippen molar-refractivity contribution >= 4 is 57.5 Å². The van der Waals surface area contributed by atoms with E-state index in [2.05, 4.69) is 25.7 Å². The second-order valence-electron chi connectivity index (χ2n) is 4.52. The van der Waals surface area contributed by atoms with Gasteiger partial charge in [-0.3, -0.25) is 10.1 Å². The molecule has 3 aromatic rings. The van der Waals surface area contributed by atoms with E-state index in [1.165, 1.54) is 11.3 Å². The van der Waals surface area contributed by atoms with Crippen LogP contribution in [0.3, 0.4) is 0 Å². The highest BCUT2D eigenvalue weighted by Crippen LogP contribution is 2.26. The summed E-state index contributed by atoms with van der Waals surface area (Å²) >= 11 is 9.93. The molecule has 0 aliphatic heterocycles. The average Bonchev–Trinajstić information content (AvgIpc) is 3.24. The first-order valence-corrected chi connectivity index (χ1v) is 10.3. The molecule has 2 aromatic heterocycles. The van der Waals surface area contributed by atoms with E-state index in [0.29, 0.717) is 21.3 Å². The minimum absolute atomic E-state index is 0.137. The lowest BCUT2D eigenvalue weighted by atomic mass is 10.2. The van der Waals surface area contributed by atoms with E-state index < -0.39 is 0 Å². The number of hydrogen-bond acceptors (Lipinski definition) is 9. The number of benzene rings is 1. The Labute approximate surface area is 161 Å². The molecule has 130 valence electrons. The van der Waals surface area contributed by atoms with Gasteiger partial charge >= 0.3 is 0 Å². The van der Waals surface area contributed by atoms with Crippen LogP contribution in [-0.4, -0.2) is 37.8 Å². The van der Waals surface area contributed by atoms with Crippen molar-refractivity contribution in [2.75, 3.05) is 16.8 Å². The topological polar surface area (TPSA) is 93.8 Å². The fourth-order valence-corrected chi connectivity index (χ4v) is 4.06. The predicted molar refractivity (Wildman–Crippen MR) is 100 cm³/mol. The molecular formula is C14H12ClN5O2S3. The average molecular weight is 414 g/mol. The standard InChI is InChI=1S/C14H12ClN5O2S3/c1-2-23-14-20-18-12(25-14)16-10(21)7-24-13-19-17-11(22-13)8-3-5-9(15)6-4-8/h3-6H,2,7H2,1H3,(H,16,18,21). The second kappa shape index (κ2) is 8.65. The Morgan fingerprint density at radius 1 is 1.20 bits per heavy atom. The molecule has 7 nitrogen and oxygen atoms in total. The third-order valence-electron chi connectivity index (χ3n) is 2.74. The lowest BCUT2D eigenvalue weighted by Gasteiger charge is -1.98. The molecule has 1 N–H and O–H groups in total. The molecule has 0 atom stereocenters. The van der Waals surface area contributed by atoms with Crippen molar-refractivity contribution in [3.8, 4) is 11.5 Å². The van der Waals surface area contributed by atoms with Gasteiger partial charge in [0.2, 0.25) is 16.9 Å². The Balaban J connectivity index is 1.52. The first-order chi connectivity index (χ1) is 12.1. The summed E-state index contributed by atoms with van der Waals surface area (Å²) in [6.45, 7) is 2.03. The number of halogens is 1. The van der Waals surface area contributed by atoms with Gasteiger partial charge in [-0.25, -0.2) is 0 Å². The van der Waals surface area contributed by atoms with Gasteiger partial charge in [-0.05, 0) is 30.0 Å². The molecule has 25 heavy (non-hydrogen) atoms. The van der Waals surface area contributed by atoms with Gasteiger partial charge in [-0.1, -0.05) is 53.4 Å². The number of nitrogens with one attached hydrogen (secondary N) is 1. The van der Waals surface area contributed by atoms with Crippen LogP contribution in [0, 0.1) is 0 Å². The van der Waals surface area contributed by atoms with Gasteiger partial charge in [0.1, 0.15) is 0 Å². The van der Waals surface area contributed by atoms with Crippen molar-refractivity contribution in [2.45, 2.75) is 16.5 Å². The van der Waals surface area contributed by atoms with Gasteiger partial charge in [-0.15, -0.1) is 20.4 Å². The zero-order valence-electron chi connectivity index (χ0n) is 12.9. The molecular weight excluding hydrogens is 402 g/mol. The number of carbonyl (C=O) groups excluding carboxylic acids is 1. The summed E-state index contributed by atoms with van der Waals surface area (Å²) in [6, 6.07) is 7.07. The highest BCUT2D eigenvalue weighted by molar-refractivity contribution is 8.01. The number of hydrogen-bond donors (Lipinski definition) is 1. The van der Waals surface area contributed by atoms with Gasteiger partial charge < -0.3 is 4.42 Å². The summed E-state index contributed by atoms with van der Waals surface area (Å²) in [6.07, 6.45) is 0. The van der Waals surface area contributed by atoms with Crippen LogP contribution in [-0.2, 0) is 4.79 Å². The maximum absolute atomic E-state index is 12.0. The fraction of sp³-hybridized carbons (Fsp3) is 0.214. The number of anilines is 1. The minimum atomic E-state index is -0.208. The van der Waals surface area contributed by atoms with Gasteiger partial charge in [-0.2, -0.15) is 0 Å². The molecule has 11 heteroatoms. The van der Waals surface area contributed by atoms with Crippen LogP contribution in [0.2, 0.25) is 5.02 Å². The quantitative estimate of drug-likeness (QED) is 0.457. The summed E-state index contributed by atoms with van der Waals surface area (Å²) in [5, 5.41) is 19.9. The van der Waals surface area contributed by atoms with Gasteiger partial charge in [0.05, 0.1) is 5.75 Å². The van der Waals surface area contributed by atoms with E-state index in [-0.39, 0.29) is 11.7 Å². The van der Waals surface area contributed by atoms with Crippen LogP contribution in [0.5, 0.6) is 0 Å². The molecule has 0 fully saturated rings. The molecule has 0 bridgehead atoms. The van der Waals surface area contributed by atoms with Crippen LogP contribution < -0.4 is 5.32 Å².